The Hall–Kier alpha value is -1.53. The number of aromatic nitrogens is 2. The first-order valence-electron chi connectivity index (χ1n) is 8.32. The highest BCUT2D eigenvalue weighted by Gasteiger charge is 2.17. The molecule has 0 fully saturated rings. The van der Waals surface area contributed by atoms with E-state index in [-0.39, 0.29) is 10.5 Å². The van der Waals surface area contributed by atoms with Crippen molar-refractivity contribution >= 4 is 44.2 Å². The molecule has 0 aliphatic rings. The van der Waals surface area contributed by atoms with Gasteiger partial charge >= 0.3 is 0 Å². The summed E-state index contributed by atoms with van der Waals surface area (Å²) in [4.78, 5) is 12.5. The van der Waals surface area contributed by atoms with Crippen molar-refractivity contribution in [1.82, 2.24) is 14.9 Å². The maximum atomic E-state index is 12.4. The first kappa shape index (κ1) is 21.8. The molecule has 0 aliphatic heterocycles. The number of anilines is 1. The van der Waals surface area contributed by atoms with Crippen molar-refractivity contribution in [3.8, 4) is 0 Å². The number of unbranched alkanes of at least 4 members (excludes halogenated alkanes) is 1. The number of hydrogen-bond donors (Lipinski definition) is 2. The highest BCUT2D eigenvalue weighted by Crippen LogP contribution is 2.25. The van der Waals surface area contributed by atoms with Crippen LogP contribution in [0.3, 0.4) is 0 Å². The molecule has 0 saturated heterocycles. The maximum Gasteiger partial charge on any atom is 0.257 e. The third-order valence-corrected chi connectivity index (χ3v) is 6.76. The van der Waals surface area contributed by atoms with Crippen LogP contribution in [-0.2, 0) is 14.8 Å². The summed E-state index contributed by atoms with van der Waals surface area (Å²) < 4.78 is 32.8. The second-order valence-corrected chi connectivity index (χ2v) is 9.53. The number of thioether (sulfide) groups is 1. The van der Waals surface area contributed by atoms with Gasteiger partial charge in [0, 0.05) is 25.0 Å². The number of nitrogens with zero attached hydrogens (tertiary/aromatic N) is 2. The predicted octanol–water partition coefficient (Wildman–Crippen LogP) is 2.61. The number of methoxy groups -OCH3 is 1. The third-order valence-electron chi connectivity index (χ3n) is 3.37. The van der Waals surface area contributed by atoms with Crippen LogP contribution < -0.4 is 10.0 Å². The van der Waals surface area contributed by atoms with Crippen LogP contribution in [0.5, 0.6) is 0 Å². The molecule has 148 valence electrons. The van der Waals surface area contributed by atoms with Crippen LogP contribution in [0, 0.1) is 0 Å². The number of carbonyl (C=O) groups excluding carboxylic acids is 1. The summed E-state index contributed by atoms with van der Waals surface area (Å²) in [6.45, 7) is 2.94. The highest BCUT2D eigenvalue weighted by molar-refractivity contribution is 8.01. The summed E-state index contributed by atoms with van der Waals surface area (Å²) >= 11 is 2.74. The number of amides is 1. The largest absolute Gasteiger partial charge is 0.384 e. The van der Waals surface area contributed by atoms with Crippen molar-refractivity contribution < 1.29 is 17.9 Å². The van der Waals surface area contributed by atoms with Crippen molar-refractivity contribution in [1.29, 1.82) is 0 Å². The van der Waals surface area contributed by atoms with E-state index in [2.05, 4.69) is 20.2 Å². The van der Waals surface area contributed by atoms with Gasteiger partial charge in [-0.2, -0.15) is 0 Å². The van der Waals surface area contributed by atoms with Crippen LogP contribution >= 0.6 is 23.1 Å². The minimum atomic E-state index is -3.64. The molecular formula is C16H22N4O4S3. The molecule has 0 atom stereocenters. The van der Waals surface area contributed by atoms with E-state index in [0.29, 0.717) is 18.3 Å². The van der Waals surface area contributed by atoms with Gasteiger partial charge in [0.05, 0.1) is 11.5 Å². The fraction of sp³-hybridized carbons (Fsp3) is 0.438. The van der Waals surface area contributed by atoms with Crippen molar-refractivity contribution in [2.24, 2.45) is 0 Å². The zero-order valence-electron chi connectivity index (χ0n) is 15.1. The lowest BCUT2D eigenvalue weighted by atomic mass is 10.2. The molecule has 11 heteroatoms. The van der Waals surface area contributed by atoms with Crippen LogP contribution in [0.4, 0.5) is 5.13 Å². The van der Waals surface area contributed by atoms with Crippen LogP contribution in [0.2, 0.25) is 0 Å². The van der Waals surface area contributed by atoms with Crippen LogP contribution in [0.25, 0.3) is 0 Å². The van der Waals surface area contributed by atoms with E-state index in [1.54, 1.807) is 13.2 Å². The maximum absolute atomic E-state index is 12.4. The van der Waals surface area contributed by atoms with Gasteiger partial charge in [-0.25, -0.2) is 13.1 Å². The normalized spacial score (nSPS) is 11.5. The molecule has 0 unspecified atom stereocenters. The smallest absolute Gasteiger partial charge is 0.257 e. The Labute approximate surface area is 167 Å². The predicted molar refractivity (Wildman–Crippen MR) is 107 cm³/mol. The van der Waals surface area contributed by atoms with Gasteiger partial charge in [0.1, 0.15) is 0 Å². The number of rotatable bonds is 11. The molecule has 1 aromatic heterocycles. The summed E-state index contributed by atoms with van der Waals surface area (Å²) in [6, 6.07) is 5.89. The number of sulfonamides is 1. The molecule has 0 bridgehead atoms. The van der Waals surface area contributed by atoms with E-state index in [4.69, 9.17) is 4.74 Å². The fourth-order valence-corrected chi connectivity index (χ4v) is 4.81. The molecule has 0 saturated carbocycles. The van der Waals surface area contributed by atoms with Gasteiger partial charge in [-0.15, -0.1) is 10.2 Å². The zero-order valence-corrected chi connectivity index (χ0v) is 17.5. The van der Waals surface area contributed by atoms with E-state index in [1.165, 1.54) is 41.3 Å². The standard InChI is InChI=1S/C16H22N4O4S3/c1-3-4-8-17-27(22,23)13-7-5-6-12(11-13)14(21)18-15-19-20-16(26-15)25-10-9-24-2/h5-7,11,17H,3-4,8-10H2,1-2H3,(H,18,19,21). The minimum absolute atomic E-state index is 0.0549. The lowest BCUT2D eigenvalue weighted by Crippen LogP contribution is -2.25. The van der Waals surface area contributed by atoms with Gasteiger partial charge in [-0.3, -0.25) is 10.1 Å². The van der Waals surface area contributed by atoms with E-state index in [1.807, 2.05) is 6.92 Å². The molecule has 2 rings (SSSR count). The molecule has 0 aliphatic carbocycles. The minimum Gasteiger partial charge on any atom is -0.384 e. The van der Waals surface area contributed by atoms with Gasteiger partial charge < -0.3 is 4.74 Å². The number of benzene rings is 1. The Kier molecular flexibility index (Phi) is 8.64. The quantitative estimate of drug-likeness (QED) is 0.320. The molecule has 2 N–H and O–H groups in total. The topological polar surface area (TPSA) is 110 Å². The molecule has 0 spiro atoms. The molecule has 2 aromatic rings. The average Bonchev–Trinajstić information content (AvgIpc) is 3.09. The van der Waals surface area contributed by atoms with E-state index < -0.39 is 15.9 Å². The molecule has 1 aromatic carbocycles. The molecule has 0 radical (unpaired) electrons. The van der Waals surface area contributed by atoms with Gasteiger partial charge in [0.2, 0.25) is 15.2 Å². The molecule has 8 nitrogen and oxygen atoms in total. The summed E-state index contributed by atoms with van der Waals surface area (Å²) in [5.74, 6) is 0.300. The van der Waals surface area contributed by atoms with Crippen molar-refractivity contribution in [3.05, 3.63) is 29.8 Å². The number of hydrogen-bond acceptors (Lipinski definition) is 8. The first-order valence-corrected chi connectivity index (χ1v) is 11.6. The lowest BCUT2D eigenvalue weighted by Gasteiger charge is -2.08. The van der Waals surface area contributed by atoms with Gasteiger partial charge in [0.15, 0.2) is 4.34 Å². The van der Waals surface area contributed by atoms with Crippen LogP contribution in [0.1, 0.15) is 30.1 Å². The summed E-state index contributed by atoms with van der Waals surface area (Å²) in [5.41, 5.74) is 0.233. The van der Waals surface area contributed by atoms with Crippen molar-refractivity contribution in [2.45, 2.75) is 29.0 Å². The monoisotopic (exact) mass is 430 g/mol. The number of nitrogens with one attached hydrogen (secondary N) is 2. The van der Waals surface area contributed by atoms with Crippen LogP contribution in [-0.4, -0.2) is 50.5 Å². The number of carbonyl (C=O) groups is 1. The van der Waals surface area contributed by atoms with Crippen molar-refractivity contribution in [3.63, 3.8) is 0 Å². The van der Waals surface area contributed by atoms with Crippen LogP contribution in [0.15, 0.2) is 33.5 Å². The Morgan fingerprint density at radius 1 is 1.33 bits per heavy atom. The third kappa shape index (κ3) is 6.85. The fourth-order valence-electron chi connectivity index (χ4n) is 1.97. The Morgan fingerprint density at radius 3 is 2.89 bits per heavy atom. The van der Waals surface area contributed by atoms with E-state index in [9.17, 15) is 13.2 Å². The second-order valence-electron chi connectivity index (χ2n) is 5.45. The summed E-state index contributed by atoms with van der Waals surface area (Å²) in [6.07, 6.45) is 1.64. The van der Waals surface area contributed by atoms with Gasteiger partial charge in [-0.1, -0.05) is 42.5 Å². The Bertz CT molecular complexity index is 855. The van der Waals surface area contributed by atoms with Gasteiger partial charge in [0.25, 0.3) is 5.91 Å². The Balaban J connectivity index is 2.02. The summed E-state index contributed by atoms with van der Waals surface area (Å²) in [7, 11) is -2.02. The SMILES string of the molecule is CCCCNS(=O)(=O)c1cccc(C(=O)Nc2nnc(SCCOC)s2)c1. The lowest BCUT2D eigenvalue weighted by molar-refractivity contribution is 0.102. The number of ether oxygens (including phenoxy) is 1. The molecule has 27 heavy (non-hydrogen) atoms. The Morgan fingerprint density at radius 2 is 2.15 bits per heavy atom. The van der Waals surface area contributed by atoms with E-state index >= 15 is 0 Å². The average molecular weight is 431 g/mol. The zero-order chi connectivity index (χ0) is 19.7. The molecule has 1 amide bonds. The molecular weight excluding hydrogens is 408 g/mol. The molecule has 1 heterocycles. The van der Waals surface area contributed by atoms with Gasteiger partial charge in [-0.05, 0) is 24.6 Å². The second kappa shape index (κ2) is 10.7. The van der Waals surface area contributed by atoms with E-state index in [0.717, 1.165) is 22.9 Å². The highest BCUT2D eigenvalue weighted by atomic mass is 32.2. The van der Waals surface area contributed by atoms with Crippen molar-refractivity contribution in [2.75, 3.05) is 31.3 Å². The summed E-state index contributed by atoms with van der Waals surface area (Å²) in [5, 5.41) is 10.9. The first-order chi connectivity index (χ1) is 13.0.